The van der Waals surface area contributed by atoms with E-state index in [1.165, 1.54) is 4.90 Å². The Labute approximate surface area is 110 Å². The fourth-order valence-corrected chi connectivity index (χ4v) is 2.06. The molecule has 8 nitrogen and oxygen atoms in total. The molecule has 0 radical (unpaired) electrons. The number of amides is 3. The highest BCUT2D eigenvalue weighted by Gasteiger charge is 2.41. The third kappa shape index (κ3) is 3.57. The molecule has 1 saturated heterocycles. The van der Waals surface area contributed by atoms with Gasteiger partial charge in [-0.3, -0.25) is 4.79 Å². The van der Waals surface area contributed by atoms with Crippen molar-refractivity contribution in [3.8, 4) is 0 Å². The molecule has 0 aromatic rings. The molecule has 2 atom stereocenters. The summed E-state index contributed by atoms with van der Waals surface area (Å²) in [6.07, 6.45) is -0.878. The highest BCUT2D eigenvalue weighted by atomic mass is 16.4. The number of likely N-dealkylation sites (tertiary alicyclic amines) is 1. The molecule has 0 saturated carbocycles. The summed E-state index contributed by atoms with van der Waals surface area (Å²) in [6.45, 7) is 3.06. The van der Waals surface area contributed by atoms with Crippen molar-refractivity contribution < 1.29 is 24.6 Å². The van der Waals surface area contributed by atoms with Crippen molar-refractivity contribution in [2.45, 2.75) is 38.5 Å². The largest absolute Gasteiger partial charge is 0.480 e. The summed E-state index contributed by atoms with van der Waals surface area (Å²) in [6, 6.07) is -1.97. The number of carboxylic acid groups (broad SMARTS) is 1. The molecule has 1 rings (SSSR count). The number of primary amides is 1. The predicted molar refractivity (Wildman–Crippen MR) is 65.2 cm³/mol. The molecule has 0 spiro atoms. The minimum atomic E-state index is -1.17. The van der Waals surface area contributed by atoms with Gasteiger partial charge in [0, 0.05) is 19.0 Å². The standard InChI is InChI=1S/C11H19N3O5/c1-6(2)13(5-9(12)16)11(19)14-4-7(15)3-8(14)10(17)18/h6-8,15H,3-5H2,1-2H3,(H2,12,16)(H,17,18)/t7-,8-/m0/s1. The monoisotopic (exact) mass is 273 g/mol. The van der Waals surface area contributed by atoms with Crippen molar-refractivity contribution in [1.82, 2.24) is 9.80 Å². The normalized spacial score (nSPS) is 22.6. The van der Waals surface area contributed by atoms with Crippen LogP contribution in [0.15, 0.2) is 0 Å². The molecule has 0 bridgehead atoms. The number of aliphatic hydroxyl groups excluding tert-OH is 1. The van der Waals surface area contributed by atoms with Gasteiger partial charge in [-0.05, 0) is 13.8 Å². The van der Waals surface area contributed by atoms with Gasteiger partial charge in [-0.25, -0.2) is 9.59 Å². The van der Waals surface area contributed by atoms with Gasteiger partial charge in [0.2, 0.25) is 5.91 Å². The zero-order valence-corrected chi connectivity index (χ0v) is 10.9. The number of hydrogen-bond donors (Lipinski definition) is 3. The van der Waals surface area contributed by atoms with Crippen LogP contribution >= 0.6 is 0 Å². The van der Waals surface area contributed by atoms with E-state index < -0.39 is 30.1 Å². The SMILES string of the molecule is CC(C)N(CC(N)=O)C(=O)N1C[C@@H](O)C[C@H]1C(=O)O. The topological polar surface area (TPSA) is 124 Å². The van der Waals surface area contributed by atoms with Crippen LogP contribution in [0.5, 0.6) is 0 Å². The van der Waals surface area contributed by atoms with Crippen molar-refractivity contribution in [2.24, 2.45) is 5.73 Å². The molecule has 3 amide bonds. The number of rotatable bonds is 4. The fourth-order valence-electron chi connectivity index (χ4n) is 2.06. The van der Waals surface area contributed by atoms with Gasteiger partial charge in [-0.1, -0.05) is 0 Å². The van der Waals surface area contributed by atoms with Crippen LogP contribution in [0.1, 0.15) is 20.3 Å². The third-order valence-electron chi connectivity index (χ3n) is 3.00. The van der Waals surface area contributed by atoms with Crippen molar-refractivity contribution in [2.75, 3.05) is 13.1 Å². The molecule has 1 aliphatic heterocycles. The highest BCUT2D eigenvalue weighted by Crippen LogP contribution is 2.20. The summed E-state index contributed by atoms with van der Waals surface area (Å²) in [5, 5.41) is 18.5. The average molecular weight is 273 g/mol. The van der Waals surface area contributed by atoms with Crippen LogP contribution < -0.4 is 5.73 Å². The van der Waals surface area contributed by atoms with Crippen LogP contribution in [0.4, 0.5) is 4.79 Å². The lowest BCUT2D eigenvalue weighted by Crippen LogP contribution is -2.52. The number of nitrogens with two attached hydrogens (primary N) is 1. The molecule has 8 heteroatoms. The van der Waals surface area contributed by atoms with Crippen molar-refractivity contribution in [3.05, 3.63) is 0 Å². The van der Waals surface area contributed by atoms with E-state index in [9.17, 15) is 19.5 Å². The Hall–Kier alpha value is -1.83. The number of aliphatic carboxylic acids is 1. The second-order valence-corrected chi connectivity index (χ2v) is 4.87. The fraction of sp³-hybridized carbons (Fsp3) is 0.727. The lowest BCUT2D eigenvalue weighted by molar-refractivity contribution is -0.141. The van der Waals surface area contributed by atoms with Crippen molar-refractivity contribution in [3.63, 3.8) is 0 Å². The first kappa shape index (κ1) is 15.2. The second-order valence-electron chi connectivity index (χ2n) is 4.87. The van der Waals surface area contributed by atoms with Gasteiger partial charge in [0.05, 0.1) is 6.10 Å². The number of urea groups is 1. The molecule has 0 aromatic carbocycles. The van der Waals surface area contributed by atoms with E-state index >= 15 is 0 Å². The van der Waals surface area contributed by atoms with E-state index in [0.29, 0.717) is 0 Å². The maximum absolute atomic E-state index is 12.3. The molecule has 4 N–H and O–H groups in total. The number of hydrogen-bond acceptors (Lipinski definition) is 4. The quantitative estimate of drug-likeness (QED) is 0.595. The summed E-state index contributed by atoms with van der Waals surface area (Å²) in [5.41, 5.74) is 5.07. The minimum Gasteiger partial charge on any atom is -0.480 e. The van der Waals surface area contributed by atoms with Crippen molar-refractivity contribution in [1.29, 1.82) is 0 Å². The zero-order valence-electron chi connectivity index (χ0n) is 10.9. The van der Waals surface area contributed by atoms with Gasteiger partial charge >= 0.3 is 12.0 Å². The van der Waals surface area contributed by atoms with Gasteiger partial charge in [0.15, 0.2) is 0 Å². The number of carbonyl (C=O) groups is 3. The predicted octanol–water partition coefficient (Wildman–Crippen LogP) is -1.18. The van der Waals surface area contributed by atoms with E-state index in [1.54, 1.807) is 13.8 Å². The Morgan fingerprint density at radius 2 is 2.00 bits per heavy atom. The Morgan fingerprint density at radius 3 is 2.42 bits per heavy atom. The van der Waals surface area contributed by atoms with Gasteiger partial charge in [0.1, 0.15) is 12.6 Å². The van der Waals surface area contributed by atoms with Crippen molar-refractivity contribution >= 4 is 17.9 Å². The summed E-state index contributed by atoms with van der Waals surface area (Å²) in [5.74, 6) is -1.85. The van der Waals surface area contributed by atoms with E-state index in [1.807, 2.05) is 0 Å². The van der Waals surface area contributed by atoms with E-state index in [-0.39, 0.29) is 25.6 Å². The maximum atomic E-state index is 12.3. The first-order valence-corrected chi connectivity index (χ1v) is 6.00. The Morgan fingerprint density at radius 1 is 1.42 bits per heavy atom. The first-order chi connectivity index (χ1) is 8.73. The number of carbonyl (C=O) groups excluding carboxylic acids is 2. The van der Waals surface area contributed by atoms with Crippen LogP contribution in [0.25, 0.3) is 0 Å². The van der Waals surface area contributed by atoms with Crippen LogP contribution in [-0.4, -0.2) is 69.2 Å². The molecule has 1 heterocycles. The Balaban J connectivity index is 2.89. The minimum absolute atomic E-state index is 0.0103. The number of β-amino-alcohol motifs (C(OH)–C–C–N with tert-alkyl or cyclic N) is 1. The Bertz CT molecular complexity index is 385. The number of carboxylic acids is 1. The van der Waals surface area contributed by atoms with E-state index in [0.717, 1.165) is 4.90 Å². The maximum Gasteiger partial charge on any atom is 0.326 e. The molecular weight excluding hydrogens is 254 g/mol. The molecule has 108 valence electrons. The van der Waals surface area contributed by atoms with E-state index in [2.05, 4.69) is 0 Å². The molecule has 0 aromatic heterocycles. The van der Waals surface area contributed by atoms with Crippen LogP contribution in [-0.2, 0) is 9.59 Å². The summed E-state index contributed by atoms with van der Waals surface area (Å²) >= 11 is 0. The summed E-state index contributed by atoms with van der Waals surface area (Å²) in [4.78, 5) is 36.5. The molecule has 0 unspecified atom stereocenters. The zero-order chi connectivity index (χ0) is 14.7. The second kappa shape index (κ2) is 5.87. The summed E-state index contributed by atoms with van der Waals surface area (Å²) in [7, 11) is 0. The van der Waals surface area contributed by atoms with Gasteiger partial charge < -0.3 is 25.7 Å². The third-order valence-corrected chi connectivity index (χ3v) is 3.00. The lowest BCUT2D eigenvalue weighted by Gasteiger charge is -2.32. The Kier molecular flexibility index (Phi) is 4.71. The highest BCUT2D eigenvalue weighted by molar-refractivity contribution is 5.87. The first-order valence-electron chi connectivity index (χ1n) is 6.00. The number of aliphatic hydroxyl groups is 1. The lowest BCUT2D eigenvalue weighted by atomic mass is 10.2. The van der Waals surface area contributed by atoms with Crippen LogP contribution in [0, 0.1) is 0 Å². The molecular formula is C11H19N3O5. The molecule has 0 aliphatic carbocycles. The van der Waals surface area contributed by atoms with E-state index in [4.69, 9.17) is 10.8 Å². The molecule has 19 heavy (non-hydrogen) atoms. The number of nitrogens with zero attached hydrogens (tertiary/aromatic N) is 2. The summed E-state index contributed by atoms with van der Waals surface area (Å²) < 4.78 is 0. The van der Waals surface area contributed by atoms with Gasteiger partial charge in [-0.15, -0.1) is 0 Å². The molecule has 1 aliphatic rings. The van der Waals surface area contributed by atoms with Crippen LogP contribution in [0.3, 0.4) is 0 Å². The smallest absolute Gasteiger partial charge is 0.326 e. The molecule has 1 fully saturated rings. The van der Waals surface area contributed by atoms with Gasteiger partial charge in [0.25, 0.3) is 0 Å². The van der Waals surface area contributed by atoms with Crippen LogP contribution in [0.2, 0.25) is 0 Å². The van der Waals surface area contributed by atoms with Gasteiger partial charge in [-0.2, -0.15) is 0 Å². The average Bonchev–Trinajstić information content (AvgIpc) is 2.67.